The second-order valence-corrected chi connectivity index (χ2v) is 7.56. The first-order valence-electron chi connectivity index (χ1n) is 7.03. The normalized spacial score (nSPS) is 19.1. The Morgan fingerprint density at radius 2 is 2.20 bits per heavy atom. The van der Waals surface area contributed by atoms with Crippen molar-refractivity contribution < 1.29 is 0 Å². The van der Waals surface area contributed by atoms with Crippen LogP contribution in [-0.2, 0) is 6.42 Å². The lowest BCUT2D eigenvalue weighted by Gasteiger charge is -2.20. The largest absolute Gasteiger partial charge is 0.302 e. The molecule has 0 fully saturated rings. The van der Waals surface area contributed by atoms with E-state index in [1.807, 2.05) is 11.3 Å². The van der Waals surface area contributed by atoms with Gasteiger partial charge in [-0.2, -0.15) is 0 Å². The summed E-state index contributed by atoms with van der Waals surface area (Å²) in [6.07, 6.45) is 2.33. The van der Waals surface area contributed by atoms with Crippen LogP contribution in [0.15, 0.2) is 22.7 Å². The van der Waals surface area contributed by atoms with Crippen LogP contribution in [0.4, 0.5) is 0 Å². The van der Waals surface area contributed by atoms with Crippen LogP contribution in [0.1, 0.15) is 52.1 Å². The van der Waals surface area contributed by atoms with Gasteiger partial charge < -0.3 is 5.32 Å². The molecular formula is C16H19BrN2S. The fourth-order valence-corrected chi connectivity index (χ4v) is 4.63. The molecule has 0 bridgehead atoms. The summed E-state index contributed by atoms with van der Waals surface area (Å²) in [4.78, 5) is 5.90. The first-order valence-corrected chi connectivity index (χ1v) is 8.64. The summed E-state index contributed by atoms with van der Waals surface area (Å²) in [7, 11) is 0. The van der Waals surface area contributed by atoms with E-state index in [0.717, 1.165) is 11.4 Å². The summed E-state index contributed by atoms with van der Waals surface area (Å²) >= 11 is 5.47. The maximum atomic E-state index is 4.54. The molecule has 20 heavy (non-hydrogen) atoms. The smallest absolute Gasteiger partial charge is 0.0900 e. The Kier molecular flexibility index (Phi) is 3.98. The molecule has 2 aromatic rings. The highest BCUT2D eigenvalue weighted by molar-refractivity contribution is 9.10. The molecule has 1 N–H and O–H groups in total. The van der Waals surface area contributed by atoms with Gasteiger partial charge in [-0.05, 0) is 50.8 Å². The highest BCUT2D eigenvalue weighted by Crippen LogP contribution is 2.37. The van der Waals surface area contributed by atoms with E-state index in [2.05, 4.69) is 65.2 Å². The lowest BCUT2D eigenvalue weighted by molar-refractivity contribution is 0.468. The van der Waals surface area contributed by atoms with E-state index < -0.39 is 0 Å². The number of nitrogens with zero attached hydrogens (tertiary/aromatic N) is 1. The predicted molar refractivity (Wildman–Crippen MR) is 88.3 cm³/mol. The second kappa shape index (κ2) is 5.58. The van der Waals surface area contributed by atoms with Crippen molar-refractivity contribution in [2.24, 2.45) is 0 Å². The number of hydrogen-bond donors (Lipinski definition) is 1. The molecule has 106 valence electrons. The first kappa shape index (κ1) is 14.2. The highest BCUT2D eigenvalue weighted by Gasteiger charge is 2.26. The maximum Gasteiger partial charge on any atom is 0.0900 e. The summed E-state index contributed by atoms with van der Waals surface area (Å²) in [5.74, 6) is 0. The molecule has 2 unspecified atom stereocenters. The fourth-order valence-electron chi connectivity index (χ4n) is 3.11. The van der Waals surface area contributed by atoms with Gasteiger partial charge in [-0.25, -0.2) is 4.98 Å². The number of benzene rings is 1. The van der Waals surface area contributed by atoms with Gasteiger partial charge in [0.1, 0.15) is 0 Å². The fraction of sp³-hybridized carbons (Fsp3) is 0.438. The van der Waals surface area contributed by atoms with Gasteiger partial charge in [0.05, 0.1) is 10.7 Å². The number of aromatic nitrogens is 1. The Labute approximate surface area is 132 Å². The number of fused-ring (bicyclic) bond motifs is 1. The van der Waals surface area contributed by atoms with Gasteiger partial charge in [-0.1, -0.05) is 28.1 Å². The molecule has 1 aromatic carbocycles. The summed E-state index contributed by atoms with van der Waals surface area (Å²) in [6.45, 7) is 6.43. The zero-order valence-electron chi connectivity index (χ0n) is 12.0. The van der Waals surface area contributed by atoms with Crippen LogP contribution in [0.3, 0.4) is 0 Å². The molecule has 0 spiro atoms. The van der Waals surface area contributed by atoms with Crippen molar-refractivity contribution in [3.63, 3.8) is 0 Å². The molecule has 0 aliphatic heterocycles. The Morgan fingerprint density at radius 3 is 2.90 bits per heavy atom. The molecule has 2 nitrogen and oxygen atoms in total. The predicted octanol–water partition coefficient (Wildman–Crippen LogP) is 4.86. The molecule has 0 amide bonds. The summed E-state index contributed by atoms with van der Waals surface area (Å²) in [5.41, 5.74) is 4.08. The molecule has 4 heteroatoms. The van der Waals surface area contributed by atoms with E-state index >= 15 is 0 Å². The van der Waals surface area contributed by atoms with E-state index in [9.17, 15) is 0 Å². The number of halogens is 1. The van der Waals surface area contributed by atoms with Crippen molar-refractivity contribution in [3.8, 4) is 0 Å². The van der Waals surface area contributed by atoms with Crippen molar-refractivity contribution in [2.75, 3.05) is 0 Å². The molecule has 1 heterocycles. The van der Waals surface area contributed by atoms with Gasteiger partial charge >= 0.3 is 0 Å². The van der Waals surface area contributed by atoms with E-state index in [1.165, 1.54) is 32.6 Å². The van der Waals surface area contributed by atoms with Crippen molar-refractivity contribution >= 4 is 27.3 Å². The van der Waals surface area contributed by atoms with Crippen molar-refractivity contribution in [1.82, 2.24) is 10.3 Å². The minimum atomic E-state index is 0.358. The third kappa shape index (κ3) is 2.57. The molecule has 1 aromatic heterocycles. The lowest BCUT2D eigenvalue weighted by atomic mass is 10.1. The van der Waals surface area contributed by atoms with Gasteiger partial charge in [-0.15, -0.1) is 11.3 Å². The average Bonchev–Trinajstić information content (AvgIpc) is 2.94. The lowest BCUT2D eigenvalue weighted by Crippen LogP contribution is -2.22. The van der Waals surface area contributed by atoms with Crippen LogP contribution < -0.4 is 5.32 Å². The second-order valence-electron chi connectivity index (χ2n) is 5.47. The Balaban J connectivity index is 1.81. The van der Waals surface area contributed by atoms with Gasteiger partial charge in [0.2, 0.25) is 0 Å². The molecule has 0 saturated heterocycles. The number of aryl methyl sites for hydroxylation is 2. The molecule has 0 saturated carbocycles. The monoisotopic (exact) mass is 350 g/mol. The Morgan fingerprint density at radius 1 is 1.40 bits per heavy atom. The zero-order valence-corrected chi connectivity index (χ0v) is 14.4. The molecule has 1 aliphatic rings. The number of thiazole rings is 1. The van der Waals surface area contributed by atoms with Gasteiger partial charge in [-0.3, -0.25) is 0 Å². The summed E-state index contributed by atoms with van der Waals surface area (Å²) < 4.78 is 1.25. The van der Waals surface area contributed by atoms with Crippen LogP contribution >= 0.6 is 27.3 Å². The topological polar surface area (TPSA) is 24.9 Å². The molecule has 3 rings (SSSR count). The van der Waals surface area contributed by atoms with Crippen LogP contribution in [0.25, 0.3) is 0 Å². The van der Waals surface area contributed by atoms with E-state index in [1.54, 1.807) is 0 Å². The zero-order chi connectivity index (χ0) is 14.3. The Bertz CT molecular complexity index is 635. The van der Waals surface area contributed by atoms with Crippen LogP contribution in [0.2, 0.25) is 0 Å². The number of rotatable bonds is 3. The van der Waals surface area contributed by atoms with E-state index in [-0.39, 0.29) is 0 Å². The molecule has 2 atom stereocenters. The van der Waals surface area contributed by atoms with Gasteiger partial charge in [0, 0.05) is 21.4 Å². The van der Waals surface area contributed by atoms with E-state index in [4.69, 9.17) is 0 Å². The molecular weight excluding hydrogens is 332 g/mol. The summed E-state index contributed by atoms with van der Waals surface area (Å²) in [6, 6.07) is 7.34. The van der Waals surface area contributed by atoms with Crippen LogP contribution in [0, 0.1) is 13.8 Å². The highest BCUT2D eigenvalue weighted by atomic mass is 79.9. The SMILES string of the molecule is Cc1nc(C)c(C(C)NC2CCc3c(Br)cccc32)s1. The standard InChI is InChI=1S/C16H19BrN2S/c1-9-16(20-11(3)18-9)10(2)19-15-8-7-12-13(15)5-4-6-14(12)17/h4-6,10,15,19H,7-8H2,1-3H3. The molecule has 0 radical (unpaired) electrons. The quantitative estimate of drug-likeness (QED) is 0.854. The number of nitrogens with one attached hydrogen (secondary N) is 1. The minimum absolute atomic E-state index is 0.358. The van der Waals surface area contributed by atoms with Crippen LogP contribution in [0.5, 0.6) is 0 Å². The van der Waals surface area contributed by atoms with E-state index in [0.29, 0.717) is 12.1 Å². The van der Waals surface area contributed by atoms with Gasteiger partial charge in [0.15, 0.2) is 0 Å². The third-order valence-electron chi connectivity index (χ3n) is 4.00. The summed E-state index contributed by atoms with van der Waals surface area (Å²) in [5, 5.41) is 4.94. The average molecular weight is 351 g/mol. The first-order chi connectivity index (χ1) is 9.56. The number of hydrogen-bond acceptors (Lipinski definition) is 3. The van der Waals surface area contributed by atoms with Crippen molar-refractivity contribution in [3.05, 3.63) is 49.4 Å². The van der Waals surface area contributed by atoms with Crippen molar-refractivity contribution in [1.29, 1.82) is 0 Å². The Hall–Kier alpha value is -0.710. The van der Waals surface area contributed by atoms with Crippen molar-refractivity contribution in [2.45, 2.75) is 45.7 Å². The minimum Gasteiger partial charge on any atom is -0.302 e. The molecule has 1 aliphatic carbocycles. The van der Waals surface area contributed by atoms with Crippen LogP contribution in [-0.4, -0.2) is 4.98 Å². The maximum absolute atomic E-state index is 4.54. The third-order valence-corrected chi connectivity index (χ3v) is 6.00. The van der Waals surface area contributed by atoms with Gasteiger partial charge in [0.25, 0.3) is 0 Å².